The van der Waals surface area contributed by atoms with Crippen molar-refractivity contribution < 1.29 is 4.79 Å². The first-order valence-corrected chi connectivity index (χ1v) is 10.6. The zero-order chi connectivity index (χ0) is 16.5. The summed E-state index contributed by atoms with van der Waals surface area (Å²) in [6.07, 6.45) is 5.09. The molecule has 0 bridgehead atoms. The molecule has 0 fully saturated rings. The maximum atomic E-state index is 12.3. The predicted octanol–water partition coefficient (Wildman–Crippen LogP) is 4.21. The van der Waals surface area contributed by atoms with Gasteiger partial charge in [-0.05, 0) is 43.2 Å². The smallest absolute Gasteiger partial charge is 0.230 e. The van der Waals surface area contributed by atoms with Gasteiger partial charge in [-0.2, -0.15) is 0 Å². The SMILES string of the molecule is C[C@@H](NC(=O)CSc1ncnc2sc3c(c12)CCC3)c1cccs1. The Kier molecular flexibility index (Phi) is 4.56. The standard InChI is InChI=1S/C17H17N3OS3/c1-10(12-6-3-7-22-12)20-14(21)8-23-16-15-11-4-2-5-13(11)24-17(15)19-9-18-16/h3,6-7,9-10H,2,4-5,8H2,1H3,(H,20,21)/t10-/m1/s1. The molecule has 1 atom stereocenters. The van der Waals surface area contributed by atoms with Gasteiger partial charge in [0.2, 0.25) is 5.91 Å². The molecule has 4 rings (SSSR count). The summed E-state index contributed by atoms with van der Waals surface area (Å²) >= 11 is 4.96. The highest BCUT2D eigenvalue weighted by Crippen LogP contribution is 2.39. The van der Waals surface area contributed by atoms with Crippen LogP contribution in [0.1, 0.15) is 34.7 Å². The fourth-order valence-electron chi connectivity index (χ4n) is 3.03. The zero-order valence-corrected chi connectivity index (χ0v) is 15.7. The predicted molar refractivity (Wildman–Crippen MR) is 101 cm³/mol. The molecule has 1 aliphatic carbocycles. The van der Waals surface area contributed by atoms with Gasteiger partial charge in [0.15, 0.2) is 0 Å². The fourth-order valence-corrected chi connectivity index (χ4v) is 5.90. The molecule has 3 aromatic heterocycles. The van der Waals surface area contributed by atoms with Crippen LogP contribution < -0.4 is 5.32 Å². The Morgan fingerprint density at radius 2 is 2.33 bits per heavy atom. The molecule has 7 heteroatoms. The Balaban J connectivity index is 1.46. The molecule has 0 saturated heterocycles. The second-order valence-electron chi connectivity index (χ2n) is 5.81. The molecule has 1 amide bonds. The summed E-state index contributed by atoms with van der Waals surface area (Å²) in [5.41, 5.74) is 1.41. The molecule has 0 aliphatic heterocycles. The maximum Gasteiger partial charge on any atom is 0.230 e. The zero-order valence-electron chi connectivity index (χ0n) is 13.2. The lowest BCUT2D eigenvalue weighted by Crippen LogP contribution is -2.27. The van der Waals surface area contributed by atoms with Crippen molar-refractivity contribution in [3.8, 4) is 0 Å². The first-order chi connectivity index (χ1) is 11.7. The second kappa shape index (κ2) is 6.82. The highest BCUT2D eigenvalue weighted by molar-refractivity contribution is 8.00. The van der Waals surface area contributed by atoms with E-state index >= 15 is 0 Å². The van der Waals surface area contributed by atoms with Gasteiger partial charge in [0, 0.05) is 15.1 Å². The van der Waals surface area contributed by atoms with E-state index in [1.807, 2.05) is 24.4 Å². The quantitative estimate of drug-likeness (QED) is 0.536. The lowest BCUT2D eigenvalue weighted by atomic mass is 10.2. The molecule has 3 aromatic rings. The number of carbonyl (C=O) groups is 1. The van der Waals surface area contributed by atoms with Crippen LogP contribution in [0.2, 0.25) is 0 Å². The lowest BCUT2D eigenvalue weighted by Gasteiger charge is -2.12. The number of carbonyl (C=O) groups excluding carboxylic acids is 1. The molecule has 0 saturated carbocycles. The van der Waals surface area contributed by atoms with Crippen molar-refractivity contribution in [2.45, 2.75) is 37.3 Å². The van der Waals surface area contributed by atoms with E-state index in [2.05, 4.69) is 15.3 Å². The van der Waals surface area contributed by atoms with Crippen LogP contribution in [-0.4, -0.2) is 21.6 Å². The number of hydrogen-bond acceptors (Lipinski definition) is 6. The summed E-state index contributed by atoms with van der Waals surface area (Å²) in [6, 6.07) is 4.10. The number of hydrogen-bond donors (Lipinski definition) is 1. The minimum absolute atomic E-state index is 0.0412. The highest BCUT2D eigenvalue weighted by Gasteiger charge is 2.21. The van der Waals surface area contributed by atoms with Crippen LogP contribution in [0.4, 0.5) is 0 Å². The van der Waals surface area contributed by atoms with Gasteiger partial charge in [0.1, 0.15) is 16.2 Å². The molecule has 3 heterocycles. The van der Waals surface area contributed by atoms with Crippen molar-refractivity contribution in [3.63, 3.8) is 0 Å². The molecular weight excluding hydrogens is 358 g/mol. The van der Waals surface area contributed by atoms with Gasteiger partial charge in [-0.25, -0.2) is 9.97 Å². The van der Waals surface area contributed by atoms with E-state index in [4.69, 9.17) is 0 Å². The first kappa shape index (κ1) is 16.1. The van der Waals surface area contributed by atoms with Crippen LogP contribution in [0, 0.1) is 0 Å². The number of aryl methyl sites for hydroxylation is 2. The molecule has 0 spiro atoms. The lowest BCUT2D eigenvalue weighted by molar-refractivity contribution is -0.119. The molecule has 0 radical (unpaired) electrons. The van der Waals surface area contributed by atoms with E-state index in [1.165, 1.54) is 38.9 Å². The van der Waals surface area contributed by atoms with E-state index < -0.39 is 0 Å². The number of aromatic nitrogens is 2. The van der Waals surface area contributed by atoms with Crippen molar-refractivity contribution in [3.05, 3.63) is 39.2 Å². The van der Waals surface area contributed by atoms with E-state index in [-0.39, 0.29) is 11.9 Å². The van der Waals surface area contributed by atoms with E-state index in [0.29, 0.717) is 5.75 Å². The monoisotopic (exact) mass is 375 g/mol. The maximum absolute atomic E-state index is 12.3. The topological polar surface area (TPSA) is 54.9 Å². The largest absolute Gasteiger partial charge is 0.348 e. The number of nitrogens with zero attached hydrogens (tertiary/aromatic N) is 2. The molecule has 0 unspecified atom stereocenters. The van der Waals surface area contributed by atoms with Crippen molar-refractivity contribution >= 4 is 50.6 Å². The Labute approximate surface area is 152 Å². The molecule has 4 nitrogen and oxygen atoms in total. The van der Waals surface area contributed by atoms with Crippen LogP contribution in [0.15, 0.2) is 28.9 Å². The van der Waals surface area contributed by atoms with Crippen LogP contribution >= 0.6 is 34.4 Å². The fraction of sp³-hybridized carbons (Fsp3) is 0.353. The second-order valence-corrected chi connectivity index (χ2v) is 8.84. The minimum Gasteiger partial charge on any atom is -0.348 e. The van der Waals surface area contributed by atoms with Crippen molar-refractivity contribution in [2.75, 3.05) is 5.75 Å². The van der Waals surface area contributed by atoms with Crippen LogP contribution in [-0.2, 0) is 17.6 Å². The first-order valence-electron chi connectivity index (χ1n) is 7.93. The van der Waals surface area contributed by atoms with Gasteiger partial charge < -0.3 is 5.32 Å². The minimum atomic E-state index is 0.0412. The van der Waals surface area contributed by atoms with Gasteiger partial charge in [-0.3, -0.25) is 4.79 Å². The van der Waals surface area contributed by atoms with Gasteiger partial charge >= 0.3 is 0 Å². The summed E-state index contributed by atoms with van der Waals surface area (Å²) in [7, 11) is 0. The third kappa shape index (κ3) is 3.08. The number of thioether (sulfide) groups is 1. The summed E-state index contributed by atoms with van der Waals surface area (Å²) in [4.78, 5) is 24.8. The summed E-state index contributed by atoms with van der Waals surface area (Å²) in [5.74, 6) is 0.423. The van der Waals surface area contributed by atoms with Crippen molar-refractivity contribution in [1.29, 1.82) is 0 Å². The number of fused-ring (bicyclic) bond motifs is 3. The van der Waals surface area contributed by atoms with Crippen molar-refractivity contribution in [2.24, 2.45) is 0 Å². The molecular formula is C17H17N3OS3. The molecule has 1 aliphatic rings. The van der Waals surface area contributed by atoms with Gasteiger partial charge in [0.05, 0.1) is 11.8 Å². The Morgan fingerprint density at radius 1 is 1.42 bits per heavy atom. The number of nitrogens with one attached hydrogen (secondary N) is 1. The summed E-state index contributed by atoms with van der Waals surface area (Å²) < 4.78 is 0. The molecule has 1 N–H and O–H groups in total. The Hall–Kier alpha value is -1.44. The third-order valence-corrected chi connectivity index (χ3v) is 7.40. The van der Waals surface area contributed by atoms with E-state index in [1.54, 1.807) is 29.0 Å². The molecule has 0 aromatic carbocycles. The summed E-state index contributed by atoms with van der Waals surface area (Å²) in [6.45, 7) is 2.02. The van der Waals surface area contributed by atoms with Gasteiger partial charge in [-0.1, -0.05) is 17.8 Å². The third-order valence-electron chi connectivity index (χ3n) is 4.15. The van der Waals surface area contributed by atoms with Gasteiger partial charge in [0.25, 0.3) is 0 Å². The normalized spacial score (nSPS) is 14.7. The molecule has 24 heavy (non-hydrogen) atoms. The van der Waals surface area contributed by atoms with Crippen LogP contribution in [0.25, 0.3) is 10.2 Å². The van der Waals surface area contributed by atoms with Crippen molar-refractivity contribution in [1.82, 2.24) is 15.3 Å². The van der Waals surface area contributed by atoms with E-state index in [9.17, 15) is 4.79 Å². The van der Waals surface area contributed by atoms with Crippen LogP contribution in [0.5, 0.6) is 0 Å². The number of thiophene rings is 2. The summed E-state index contributed by atoms with van der Waals surface area (Å²) in [5, 5.41) is 7.21. The van der Waals surface area contributed by atoms with Gasteiger partial charge in [-0.15, -0.1) is 22.7 Å². The highest BCUT2D eigenvalue weighted by atomic mass is 32.2. The number of rotatable bonds is 5. The average molecular weight is 376 g/mol. The van der Waals surface area contributed by atoms with E-state index in [0.717, 1.165) is 22.7 Å². The Morgan fingerprint density at radius 3 is 3.17 bits per heavy atom. The van der Waals surface area contributed by atoms with Crippen LogP contribution in [0.3, 0.4) is 0 Å². The Bertz CT molecular complexity index is 873. The average Bonchev–Trinajstić information content (AvgIpc) is 3.28. The number of amides is 1. The molecule has 124 valence electrons.